The summed E-state index contributed by atoms with van der Waals surface area (Å²) in [5.74, 6) is -0.171. The molecular formula is C20H29BrN2O4. The van der Waals surface area contributed by atoms with Crippen molar-refractivity contribution in [3.8, 4) is 0 Å². The number of carbonyl (C=O) groups is 3. The van der Waals surface area contributed by atoms with Gasteiger partial charge >= 0.3 is 6.09 Å². The molecule has 0 aliphatic rings. The first kappa shape index (κ1) is 23.1. The van der Waals surface area contributed by atoms with Gasteiger partial charge < -0.3 is 20.2 Å². The number of benzene rings is 1. The van der Waals surface area contributed by atoms with Crippen LogP contribution in [0, 0.1) is 5.92 Å². The van der Waals surface area contributed by atoms with Crippen LogP contribution < -0.4 is 10.6 Å². The van der Waals surface area contributed by atoms with E-state index < -0.39 is 18.2 Å². The van der Waals surface area contributed by atoms with E-state index in [2.05, 4.69) is 26.6 Å². The summed E-state index contributed by atoms with van der Waals surface area (Å²) in [5.41, 5.74) is 0.846. The fraction of sp³-hybridized carbons (Fsp3) is 0.550. The molecule has 2 atom stereocenters. The van der Waals surface area contributed by atoms with Gasteiger partial charge in [0.15, 0.2) is 0 Å². The second kappa shape index (κ2) is 12.5. The molecule has 0 heterocycles. The van der Waals surface area contributed by atoms with Crippen molar-refractivity contribution in [1.82, 2.24) is 10.6 Å². The van der Waals surface area contributed by atoms with Crippen molar-refractivity contribution in [2.45, 2.75) is 65.1 Å². The molecule has 2 N–H and O–H groups in total. The van der Waals surface area contributed by atoms with E-state index in [0.717, 1.165) is 29.2 Å². The van der Waals surface area contributed by atoms with Crippen molar-refractivity contribution in [3.05, 3.63) is 34.3 Å². The largest absolute Gasteiger partial charge is 0.445 e. The van der Waals surface area contributed by atoms with E-state index in [-0.39, 0.29) is 18.4 Å². The molecule has 2 amide bonds. The predicted octanol–water partition coefficient (Wildman–Crippen LogP) is 3.96. The number of rotatable bonds is 11. The van der Waals surface area contributed by atoms with Gasteiger partial charge in [-0.05, 0) is 36.5 Å². The van der Waals surface area contributed by atoms with Gasteiger partial charge in [-0.1, -0.05) is 61.7 Å². The molecule has 0 spiro atoms. The average molecular weight is 441 g/mol. The molecule has 7 heteroatoms. The zero-order chi connectivity index (χ0) is 20.2. The Morgan fingerprint density at radius 3 is 2.41 bits per heavy atom. The van der Waals surface area contributed by atoms with Crippen LogP contribution in [0.4, 0.5) is 4.79 Å². The molecule has 0 aliphatic carbocycles. The fourth-order valence-corrected chi connectivity index (χ4v) is 2.76. The third-order valence-electron chi connectivity index (χ3n) is 3.96. The Morgan fingerprint density at radius 1 is 1.19 bits per heavy atom. The smallest absolute Gasteiger partial charge is 0.408 e. The Morgan fingerprint density at radius 2 is 1.85 bits per heavy atom. The molecule has 1 rings (SSSR count). The summed E-state index contributed by atoms with van der Waals surface area (Å²) in [6, 6.07) is 6.14. The normalized spacial score (nSPS) is 12.9. The number of unbranched alkanes of at least 4 members (excludes halogenated alkanes) is 1. The van der Waals surface area contributed by atoms with E-state index in [9.17, 15) is 14.4 Å². The molecule has 1 aromatic carbocycles. The summed E-state index contributed by atoms with van der Waals surface area (Å²) in [6.07, 6.45) is 2.92. The lowest BCUT2D eigenvalue weighted by atomic mass is 10.0. The van der Waals surface area contributed by atoms with Crippen molar-refractivity contribution in [2.75, 3.05) is 0 Å². The number of aldehydes is 1. The van der Waals surface area contributed by atoms with Crippen molar-refractivity contribution < 1.29 is 19.1 Å². The maximum Gasteiger partial charge on any atom is 0.408 e. The quantitative estimate of drug-likeness (QED) is 0.509. The van der Waals surface area contributed by atoms with Gasteiger partial charge in [-0.2, -0.15) is 0 Å². The third kappa shape index (κ3) is 9.56. The van der Waals surface area contributed by atoms with Crippen LogP contribution >= 0.6 is 15.9 Å². The molecule has 0 saturated carbocycles. The van der Waals surface area contributed by atoms with Gasteiger partial charge in [-0.25, -0.2) is 4.79 Å². The molecule has 0 radical (unpaired) electrons. The summed E-state index contributed by atoms with van der Waals surface area (Å²) in [5, 5.41) is 5.33. The highest BCUT2D eigenvalue weighted by Gasteiger charge is 2.24. The Balaban J connectivity index is 2.60. The number of nitrogens with one attached hydrogen (secondary N) is 2. The van der Waals surface area contributed by atoms with Gasteiger partial charge in [0, 0.05) is 4.47 Å². The SMILES string of the molecule is CCCCC(C=O)NC(=O)C(CC(C)C)NC(=O)OCc1ccc(Br)cc1. The number of halogens is 1. The first-order chi connectivity index (χ1) is 12.8. The zero-order valence-corrected chi connectivity index (χ0v) is 17.8. The average Bonchev–Trinajstić information content (AvgIpc) is 2.63. The number of alkyl carbamates (subject to hydrolysis) is 1. The molecule has 0 aliphatic heterocycles. The highest BCUT2D eigenvalue weighted by molar-refractivity contribution is 9.10. The Kier molecular flexibility index (Phi) is 10.7. The van der Waals surface area contributed by atoms with Crippen LogP contribution in [-0.2, 0) is 20.9 Å². The molecular weight excluding hydrogens is 412 g/mol. The van der Waals surface area contributed by atoms with Gasteiger partial charge in [-0.3, -0.25) is 4.79 Å². The van der Waals surface area contributed by atoms with Crippen molar-refractivity contribution in [3.63, 3.8) is 0 Å². The molecule has 0 aromatic heterocycles. The predicted molar refractivity (Wildman–Crippen MR) is 108 cm³/mol. The first-order valence-corrected chi connectivity index (χ1v) is 10.1. The molecule has 1 aromatic rings. The van der Waals surface area contributed by atoms with E-state index in [1.807, 2.05) is 45.0 Å². The number of amides is 2. The molecule has 0 bridgehead atoms. The molecule has 2 unspecified atom stereocenters. The maximum atomic E-state index is 12.5. The Hall–Kier alpha value is -1.89. The summed E-state index contributed by atoms with van der Waals surface area (Å²) in [7, 11) is 0. The third-order valence-corrected chi connectivity index (χ3v) is 4.49. The van der Waals surface area contributed by atoms with Crippen LogP contribution in [0.25, 0.3) is 0 Å². The topological polar surface area (TPSA) is 84.5 Å². The minimum absolute atomic E-state index is 0.114. The molecule has 0 fully saturated rings. The van der Waals surface area contributed by atoms with Crippen molar-refractivity contribution in [2.24, 2.45) is 5.92 Å². The Labute approximate surface area is 169 Å². The van der Waals surface area contributed by atoms with Gasteiger partial charge in [0.25, 0.3) is 0 Å². The molecule has 6 nitrogen and oxygen atoms in total. The second-order valence-corrected chi connectivity index (χ2v) is 7.84. The van der Waals surface area contributed by atoms with Gasteiger partial charge in [0.1, 0.15) is 18.9 Å². The van der Waals surface area contributed by atoms with Crippen LogP contribution in [0.1, 0.15) is 52.0 Å². The number of hydrogen-bond donors (Lipinski definition) is 2. The van der Waals surface area contributed by atoms with Crippen LogP contribution in [-0.4, -0.2) is 30.4 Å². The monoisotopic (exact) mass is 440 g/mol. The second-order valence-electron chi connectivity index (χ2n) is 6.92. The fourth-order valence-electron chi connectivity index (χ4n) is 2.50. The van der Waals surface area contributed by atoms with Crippen LogP contribution in [0.15, 0.2) is 28.7 Å². The number of carbonyl (C=O) groups excluding carboxylic acids is 3. The maximum absolute atomic E-state index is 12.5. The van der Waals surface area contributed by atoms with E-state index in [0.29, 0.717) is 12.8 Å². The van der Waals surface area contributed by atoms with Crippen molar-refractivity contribution in [1.29, 1.82) is 0 Å². The standard InChI is InChI=1S/C20H29BrN2O4/c1-4-5-6-17(12-24)22-19(25)18(11-14(2)3)23-20(26)27-13-15-7-9-16(21)10-8-15/h7-10,12,14,17-18H,4-6,11,13H2,1-3H3,(H,22,25)(H,23,26). The minimum Gasteiger partial charge on any atom is -0.445 e. The van der Waals surface area contributed by atoms with E-state index in [4.69, 9.17) is 4.74 Å². The highest BCUT2D eigenvalue weighted by Crippen LogP contribution is 2.12. The lowest BCUT2D eigenvalue weighted by Crippen LogP contribution is -2.50. The van der Waals surface area contributed by atoms with E-state index in [1.165, 1.54) is 0 Å². The first-order valence-electron chi connectivity index (χ1n) is 9.29. The van der Waals surface area contributed by atoms with Crippen LogP contribution in [0.5, 0.6) is 0 Å². The summed E-state index contributed by atoms with van der Waals surface area (Å²) >= 11 is 3.35. The molecule has 0 saturated heterocycles. The summed E-state index contributed by atoms with van der Waals surface area (Å²) < 4.78 is 6.15. The summed E-state index contributed by atoms with van der Waals surface area (Å²) in [6.45, 7) is 6.06. The Bertz CT molecular complexity index is 605. The van der Waals surface area contributed by atoms with Gasteiger partial charge in [0.05, 0.1) is 6.04 Å². The van der Waals surface area contributed by atoms with Crippen LogP contribution in [0.3, 0.4) is 0 Å². The van der Waals surface area contributed by atoms with E-state index in [1.54, 1.807) is 0 Å². The highest BCUT2D eigenvalue weighted by atomic mass is 79.9. The lowest BCUT2D eigenvalue weighted by Gasteiger charge is -2.22. The van der Waals surface area contributed by atoms with Crippen LogP contribution in [0.2, 0.25) is 0 Å². The lowest BCUT2D eigenvalue weighted by molar-refractivity contribution is -0.126. The van der Waals surface area contributed by atoms with Gasteiger partial charge in [-0.15, -0.1) is 0 Å². The molecule has 27 heavy (non-hydrogen) atoms. The number of ether oxygens (including phenoxy) is 1. The number of hydrogen-bond acceptors (Lipinski definition) is 4. The van der Waals surface area contributed by atoms with Crippen molar-refractivity contribution >= 4 is 34.2 Å². The van der Waals surface area contributed by atoms with Gasteiger partial charge in [0.2, 0.25) is 5.91 Å². The molecule has 150 valence electrons. The zero-order valence-electron chi connectivity index (χ0n) is 16.2. The van der Waals surface area contributed by atoms with E-state index >= 15 is 0 Å². The minimum atomic E-state index is -0.744. The summed E-state index contributed by atoms with van der Waals surface area (Å²) in [4.78, 5) is 35.8.